The number of rotatable bonds is 11. The summed E-state index contributed by atoms with van der Waals surface area (Å²) in [5, 5.41) is 0. The van der Waals surface area contributed by atoms with E-state index >= 15 is 0 Å². The second-order valence-electron chi connectivity index (χ2n) is 9.52. The molecule has 0 atom stereocenters. The molecule has 0 saturated heterocycles. The van der Waals surface area contributed by atoms with Gasteiger partial charge in [-0.05, 0) is 98.2 Å². The minimum atomic E-state index is 0.665. The van der Waals surface area contributed by atoms with Crippen LogP contribution in [0.3, 0.4) is 0 Å². The van der Waals surface area contributed by atoms with Gasteiger partial charge >= 0.3 is 0 Å². The summed E-state index contributed by atoms with van der Waals surface area (Å²) in [7, 11) is 0. The summed E-state index contributed by atoms with van der Waals surface area (Å²) >= 11 is 0. The maximum absolute atomic E-state index is 5.86. The molecule has 0 bridgehead atoms. The van der Waals surface area contributed by atoms with Gasteiger partial charge in [-0.3, -0.25) is 0 Å². The van der Waals surface area contributed by atoms with Crippen molar-refractivity contribution in [1.29, 1.82) is 0 Å². The van der Waals surface area contributed by atoms with Gasteiger partial charge in [-0.2, -0.15) is 0 Å². The van der Waals surface area contributed by atoms with E-state index in [0.717, 1.165) is 24.3 Å². The van der Waals surface area contributed by atoms with E-state index in [0.29, 0.717) is 11.8 Å². The van der Waals surface area contributed by atoms with Gasteiger partial charge in [-0.15, -0.1) is 0 Å². The topological polar surface area (TPSA) is 9.23 Å². The zero-order valence-electron chi connectivity index (χ0n) is 20.8. The van der Waals surface area contributed by atoms with Crippen molar-refractivity contribution in [3.05, 3.63) is 77.4 Å². The lowest BCUT2D eigenvalue weighted by atomic mass is 9.78. The molecule has 2 aromatic carbocycles. The fourth-order valence-corrected chi connectivity index (χ4v) is 4.67. The largest absolute Gasteiger partial charge is 0.494 e. The SMILES string of the molecule is CCCCCOc1ccc(C2CCC(C=CC#Cc3ccc(CCCCC)cc3)CC2)cc1. The van der Waals surface area contributed by atoms with E-state index in [2.05, 4.69) is 86.4 Å². The summed E-state index contributed by atoms with van der Waals surface area (Å²) in [6.07, 6.45) is 18.1. The molecule has 176 valence electrons. The Labute approximate surface area is 202 Å². The van der Waals surface area contributed by atoms with Gasteiger partial charge in [0, 0.05) is 5.56 Å². The lowest BCUT2D eigenvalue weighted by Crippen LogP contribution is -2.11. The molecule has 0 aliphatic heterocycles. The van der Waals surface area contributed by atoms with Crippen LogP contribution in [-0.2, 0) is 6.42 Å². The van der Waals surface area contributed by atoms with Crippen LogP contribution < -0.4 is 4.74 Å². The molecule has 0 unspecified atom stereocenters. The first-order chi connectivity index (χ1) is 16.3. The van der Waals surface area contributed by atoms with E-state index in [1.54, 1.807) is 0 Å². The minimum Gasteiger partial charge on any atom is -0.494 e. The van der Waals surface area contributed by atoms with E-state index in [4.69, 9.17) is 4.74 Å². The van der Waals surface area contributed by atoms with Crippen LogP contribution in [0.5, 0.6) is 5.75 Å². The summed E-state index contributed by atoms with van der Waals surface area (Å²) in [6, 6.07) is 17.6. The van der Waals surface area contributed by atoms with Crippen molar-refractivity contribution in [1.82, 2.24) is 0 Å². The van der Waals surface area contributed by atoms with Crippen LogP contribution in [0.15, 0.2) is 60.7 Å². The maximum atomic E-state index is 5.86. The maximum Gasteiger partial charge on any atom is 0.119 e. The highest BCUT2D eigenvalue weighted by Crippen LogP contribution is 2.36. The van der Waals surface area contributed by atoms with Crippen molar-refractivity contribution in [3.8, 4) is 17.6 Å². The molecule has 1 aliphatic rings. The van der Waals surface area contributed by atoms with Gasteiger partial charge in [0.15, 0.2) is 0 Å². The first-order valence-electron chi connectivity index (χ1n) is 13.3. The molecule has 2 aromatic rings. The molecule has 0 spiro atoms. The van der Waals surface area contributed by atoms with Crippen molar-refractivity contribution in [3.63, 3.8) is 0 Å². The number of hydrogen-bond acceptors (Lipinski definition) is 1. The highest BCUT2D eigenvalue weighted by molar-refractivity contribution is 5.38. The Morgan fingerprint density at radius 1 is 0.818 bits per heavy atom. The minimum absolute atomic E-state index is 0.665. The predicted octanol–water partition coefficient (Wildman–Crippen LogP) is 8.87. The molecule has 0 N–H and O–H groups in total. The van der Waals surface area contributed by atoms with Gasteiger partial charge in [-0.25, -0.2) is 0 Å². The molecule has 1 heteroatoms. The van der Waals surface area contributed by atoms with Crippen molar-refractivity contribution < 1.29 is 4.74 Å². The summed E-state index contributed by atoms with van der Waals surface area (Å²) < 4.78 is 5.86. The number of unbranched alkanes of at least 4 members (excludes halogenated alkanes) is 4. The quantitative estimate of drug-likeness (QED) is 0.249. The number of benzene rings is 2. The summed E-state index contributed by atoms with van der Waals surface area (Å²) in [5.41, 5.74) is 4.01. The van der Waals surface area contributed by atoms with E-state index < -0.39 is 0 Å². The van der Waals surface area contributed by atoms with E-state index in [1.165, 1.54) is 75.3 Å². The molecule has 1 fully saturated rings. The van der Waals surface area contributed by atoms with Crippen LogP contribution >= 0.6 is 0 Å². The zero-order valence-corrected chi connectivity index (χ0v) is 20.8. The van der Waals surface area contributed by atoms with Crippen molar-refractivity contribution in [2.45, 2.75) is 90.4 Å². The van der Waals surface area contributed by atoms with Gasteiger partial charge < -0.3 is 4.74 Å². The van der Waals surface area contributed by atoms with Gasteiger partial charge in [0.1, 0.15) is 5.75 Å². The molecule has 1 aliphatic carbocycles. The molecular formula is C32H42O. The van der Waals surface area contributed by atoms with Gasteiger partial charge in [-0.1, -0.05) is 81.7 Å². The average molecular weight is 443 g/mol. The Morgan fingerprint density at radius 2 is 1.52 bits per heavy atom. The van der Waals surface area contributed by atoms with Gasteiger partial charge in [0.2, 0.25) is 0 Å². The number of ether oxygens (including phenoxy) is 1. The van der Waals surface area contributed by atoms with Crippen LogP contribution in [0, 0.1) is 17.8 Å². The normalized spacial score (nSPS) is 18.1. The van der Waals surface area contributed by atoms with Crippen molar-refractivity contribution >= 4 is 0 Å². The third-order valence-corrected chi connectivity index (χ3v) is 6.83. The van der Waals surface area contributed by atoms with Crippen LogP contribution in [0.1, 0.15) is 101 Å². The fourth-order valence-electron chi connectivity index (χ4n) is 4.67. The number of hydrogen-bond donors (Lipinski definition) is 0. The van der Waals surface area contributed by atoms with Crippen LogP contribution in [0.2, 0.25) is 0 Å². The lowest BCUT2D eigenvalue weighted by molar-refractivity contribution is 0.306. The second-order valence-corrected chi connectivity index (χ2v) is 9.52. The predicted molar refractivity (Wildman–Crippen MR) is 142 cm³/mol. The molecular weight excluding hydrogens is 400 g/mol. The van der Waals surface area contributed by atoms with Crippen molar-refractivity contribution in [2.24, 2.45) is 5.92 Å². The molecule has 0 amide bonds. The Morgan fingerprint density at radius 3 is 2.21 bits per heavy atom. The van der Waals surface area contributed by atoms with Crippen LogP contribution in [-0.4, -0.2) is 6.61 Å². The third kappa shape index (κ3) is 9.13. The summed E-state index contributed by atoms with van der Waals surface area (Å²) in [5.74, 6) is 8.90. The highest BCUT2D eigenvalue weighted by atomic mass is 16.5. The fraction of sp³-hybridized carbons (Fsp3) is 0.500. The standard InChI is InChI=1S/C32H42O/c1-3-5-7-11-27-14-16-28(17-15-27)12-8-9-13-29-18-20-30(21-19-29)31-22-24-32(25-23-31)33-26-10-6-4-2/h9,13-17,22-25,29-30H,3-7,10-11,18-21,26H2,1-2H3. The molecule has 0 radical (unpaired) electrons. The monoisotopic (exact) mass is 442 g/mol. The zero-order chi connectivity index (χ0) is 23.1. The Kier molecular flexibility index (Phi) is 11.2. The highest BCUT2D eigenvalue weighted by Gasteiger charge is 2.20. The molecule has 3 rings (SSSR count). The average Bonchev–Trinajstić information content (AvgIpc) is 2.86. The Bertz CT molecular complexity index is 871. The Balaban J connectivity index is 1.39. The molecule has 1 saturated carbocycles. The van der Waals surface area contributed by atoms with E-state index in [1.807, 2.05) is 0 Å². The van der Waals surface area contributed by atoms with E-state index in [9.17, 15) is 0 Å². The van der Waals surface area contributed by atoms with Gasteiger partial charge in [0.05, 0.1) is 6.61 Å². The number of allylic oxidation sites excluding steroid dienone is 2. The molecule has 0 aromatic heterocycles. The smallest absolute Gasteiger partial charge is 0.119 e. The van der Waals surface area contributed by atoms with Gasteiger partial charge in [0.25, 0.3) is 0 Å². The first-order valence-corrected chi connectivity index (χ1v) is 13.3. The molecule has 33 heavy (non-hydrogen) atoms. The molecule has 0 heterocycles. The second kappa shape index (κ2) is 14.6. The van der Waals surface area contributed by atoms with Crippen LogP contribution in [0.4, 0.5) is 0 Å². The summed E-state index contributed by atoms with van der Waals surface area (Å²) in [4.78, 5) is 0. The lowest BCUT2D eigenvalue weighted by Gasteiger charge is -2.27. The van der Waals surface area contributed by atoms with E-state index in [-0.39, 0.29) is 0 Å². The first kappa shape index (κ1) is 25.2. The summed E-state index contributed by atoms with van der Waals surface area (Å²) in [6.45, 7) is 5.31. The van der Waals surface area contributed by atoms with Crippen molar-refractivity contribution in [2.75, 3.05) is 6.61 Å². The third-order valence-electron chi connectivity index (χ3n) is 6.83. The number of aryl methyl sites for hydroxylation is 1. The Hall–Kier alpha value is -2.46. The molecule has 1 nitrogen and oxygen atoms in total. The van der Waals surface area contributed by atoms with Crippen LogP contribution in [0.25, 0.3) is 0 Å².